The molecule has 0 saturated heterocycles. The van der Waals surface area contributed by atoms with Crippen molar-refractivity contribution in [2.75, 3.05) is 0 Å². The van der Waals surface area contributed by atoms with Crippen molar-refractivity contribution in [3.63, 3.8) is 0 Å². The molecule has 2 nitrogen and oxygen atoms in total. The van der Waals surface area contributed by atoms with Crippen LogP contribution in [0.5, 0.6) is 0 Å². The van der Waals surface area contributed by atoms with Gasteiger partial charge < -0.3 is 0 Å². The van der Waals surface area contributed by atoms with Gasteiger partial charge in [-0.3, -0.25) is 9.78 Å². The fourth-order valence-electron chi connectivity index (χ4n) is 1.74. The van der Waals surface area contributed by atoms with Crippen molar-refractivity contribution in [3.8, 4) is 0 Å². The molecule has 0 unspecified atom stereocenters. The van der Waals surface area contributed by atoms with E-state index in [1.165, 1.54) is 0 Å². The Morgan fingerprint density at radius 3 is 2.81 bits per heavy atom. The number of nitrogens with zero attached hydrogens (tertiary/aromatic N) is 1. The molecule has 0 spiro atoms. The summed E-state index contributed by atoms with van der Waals surface area (Å²) in [5.74, 6) is 0. The molecule has 0 radical (unpaired) electrons. The maximum atomic E-state index is 10.6. The average Bonchev–Trinajstić information content (AvgIpc) is 2.28. The lowest BCUT2D eigenvalue weighted by Gasteiger charge is -2.04. The van der Waals surface area contributed by atoms with Crippen LogP contribution in [0, 0.1) is 6.92 Å². The van der Waals surface area contributed by atoms with Gasteiger partial charge in [-0.25, -0.2) is 0 Å². The van der Waals surface area contributed by atoms with Crippen molar-refractivity contribution in [2.24, 2.45) is 0 Å². The van der Waals surface area contributed by atoms with E-state index in [-0.39, 0.29) is 0 Å². The van der Waals surface area contributed by atoms with Gasteiger partial charge in [0.1, 0.15) is 6.29 Å². The number of allylic oxidation sites excluding steroid dienone is 1. The summed E-state index contributed by atoms with van der Waals surface area (Å²) in [4.78, 5) is 15.1. The Bertz CT molecular complexity index is 570. The van der Waals surface area contributed by atoms with Crippen molar-refractivity contribution in [1.29, 1.82) is 0 Å². The van der Waals surface area contributed by atoms with Crippen molar-refractivity contribution in [1.82, 2.24) is 4.98 Å². The summed E-state index contributed by atoms with van der Waals surface area (Å²) in [6.45, 7) is 3.76. The number of fused-ring (bicyclic) bond motifs is 1. The SMILES string of the molecule is CC(C=O)=Cc1cc(C)nc2ccccc12. The Hall–Kier alpha value is -1.96. The zero-order valence-corrected chi connectivity index (χ0v) is 9.40. The first-order valence-corrected chi connectivity index (χ1v) is 5.20. The predicted molar refractivity (Wildman–Crippen MR) is 66.2 cm³/mol. The first kappa shape index (κ1) is 10.6. The van der Waals surface area contributed by atoms with E-state index in [2.05, 4.69) is 4.98 Å². The first-order valence-electron chi connectivity index (χ1n) is 5.20. The Kier molecular flexibility index (Phi) is 2.82. The first-order chi connectivity index (χ1) is 7.70. The number of aromatic nitrogens is 1. The van der Waals surface area contributed by atoms with Crippen LogP contribution in [0.3, 0.4) is 0 Å². The fourth-order valence-corrected chi connectivity index (χ4v) is 1.74. The normalized spacial score (nSPS) is 11.8. The van der Waals surface area contributed by atoms with Gasteiger partial charge in [-0.1, -0.05) is 18.2 Å². The highest BCUT2D eigenvalue weighted by Crippen LogP contribution is 2.20. The lowest BCUT2D eigenvalue weighted by atomic mass is 10.1. The Balaban J connectivity index is 2.72. The summed E-state index contributed by atoms with van der Waals surface area (Å²) in [5, 5.41) is 1.08. The molecule has 0 aliphatic carbocycles. The third-order valence-corrected chi connectivity index (χ3v) is 2.45. The van der Waals surface area contributed by atoms with E-state index in [0.29, 0.717) is 0 Å². The van der Waals surface area contributed by atoms with Gasteiger partial charge in [0.05, 0.1) is 5.52 Å². The lowest BCUT2D eigenvalue weighted by molar-refractivity contribution is -0.104. The number of hydrogen-bond donors (Lipinski definition) is 0. The molecule has 80 valence electrons. The topological polar surface area (TPSA) is 30.0 Å². The van der Waals surface area contributed by atoms with Crippen LogP contribution in [-0.4, -0.2) is 11.3 Å². The third kappa shape index (κ3) is 2.01. The van der Waals surface area contributed by atoms with Gasteiger partial charge in [0.2, 0.25) is 0 Å². The number of carbonyl (C=O) groups is 1. The van der Waals surface area contributed by atoms with Gasteiger partial charge in [0.25, 0.3) is 0 Å². The van der Waals surface area contributed by atoms with Crippen LogP contribution in [0.4, 0.5) is 0 Å². The summed E-state index contributed by atoms with van der Waals surface area (Å²) in [6, 6.07) is 9.94. The molecule has 2 aromatic rings. The van der Waals surface area contributed by atoms with Crippen LogP contribution in [0.15, 0.2) is 35.9 Å². The van der Waals surface area contributed by atoms with Crippen molar-refractivity contribution < 1.29 is 4.79 Å². The molecule has 2 rings (SSSR count). The fraction of sp³-hybridized carbons (Fsp3) is 0.143. The zero-order chi connectivity index (χ0) is 11.5. The minimum atomic E-state index is 0.718. The van der Waals surface area contributed by atoms with Crippen LogP contribution in [0.2, 0.25) is 0 Å². The number of para-hydroxylation sites is 1. The van der Waals surface area contributed by atoms with Crippen LogP contribution in [-0.2, 0) is 4.79 Å². The van der Waals surface area contributed by atoms with Crippen molar-refractivity contribution in [2.45, 2.75) is 13.8 Å². The van der Waals surface area contributed by atoms with Gasteiger partial charge in [0, 0.05) is 11.1 Å². The summed E-state index contributed by atoms with van der Waals surface area (Å²) in [6.07, 6.45) is 2.76. The van der Waals surface area contributed by atoms with Crippen LogP contribution in [0.25, 0.3) is 17.0 Å². The molecule has 0 fully saturated rings. The largest absolute Gasteiger partial charge is 0.298 e. The minimum Gasteiger partial charge on any atom is -0.298 e. The number of pyridine rings is 1. The lowest BCUT2D eigenvalue weighted by Crippen LogP contribution is -1.88. The molecule has 0 saturated carbocycles. The summed E-state index contributed by atoms with van der Waals surface area (Å²) in [7, 11) is 0. The monoisotopic (exact) mass is 211 g/mol. The van der Waals surface area contributed by atoms with Crippen LogP contribution in [0.1, 0.15) is 18.2 Å². The molecule has 0 atom stereocenters. The second-order valence-electron chi connectivity index (χ2n) is 3.88. The highest BCUT2D eigenvalue weighted by molar-refractivity contribution is 5.92. The van der Waals surface area contributed by atoms with E-state index < -0.39 is 0 Å². The number of aldehydes is 1. The van der Waals surface area contributed by atoms with E-state index in [0.717, 1.165) is 34.0 Å². The number of carbonyl (C=O) groups excluding carboxylic acids is 1. The van der Waals surface area contributed by atoms with E-state index >= 15 is 0 Å². The molecule has 1 aromatic carbocycles. The van der Waals surface area contributed by atoms with Gasteiger partial charge in [-0.15, -0.1) is 0 Å². The molecule has 0 aliphatic heterocycles. The molecule has 0 aliphatic rings. The summed E-state index contributed by atoms with van der Waals surface area (Å²) in [5.41, 5.74) is 3.69. The standard InChI is InChI=1S/C14H13NO/c1-10(9-16)7-12-8-11(2)15-14-6-4-3-5-13(12)14/h3-9H,1-2H3. The molecule has 0 bridgehead atoms. The van der Waals surface area contributed by atoms with Gasteiger partial charge in [0.15, 0.2) is 0 Å². The average molecular weight is 211 g/mol. The molecule has 16 heavy (non-hydrogen) atoms. The number of rotatable bonds is 2. The zero-order valence-electron chi connectivity index (χ0n) is 9.40. The summed E-state index contributed by atoms with van der Waals surface area (Å²) >= 11 is 0. The smallest absolute Gasteiger partial charge is 0.145 e. The highest BCUT2D eigenvalue weighted by atomic mass is 16.1. The number of aryl methyl sites for hydroxylation is 1. The molecular weight excluding hydrogens is 198 g/mol. The van der Waals surface area contributed by atoms with Crippen molar-refractivity contribution in [3.05, 3.63) is 47.2 Å². The van der Waals surface area contributed by atoms with E-state index in [1.54, 1.807) is 6.92 Å². The van der Waals surface area contributed by atoms with Crippen LogP contribution < -0.4 is 0 Å². The molecule has 0 N–H and O–H groups in total. The Morgan fingerprint density at radius 2 is 2.06 bits per heavy atom. The summed E-state index contributed by atoms with van der Waals surface area (Å²) < 4.78 is 0. The second kappa shape index (κ2) is 4.27. The molecule has 1 aromatic heterocycles. The van der Waals surface area contributed by atoms with E-state index in [1.807, 2.05) is 43.3 Å². The van der Waals surface area contributed by atoms with Gasteiger partial charge in [-0.2, -0.15) is 0 Å². The molecule has 0 amide bonds. The van der Waals surface area contributed by atoms with E-state index in [9.17, 15) is 4.79 Å². The van der Waals surface area contributed by atoms with Crippen LogP contribution >= 0.6 is 0 Å². The quantitative estimate of drug-likeness (QED) is 0.564. The maximum Gasteiger partial charge on any atom is 0.145 e. The Morgan fingerprint density at radius 1 is 1.31 bits per heavy atom. The second-order valence-corrected chi connectivity index (χ2v) is 3.88. The number of hydrogen-bond acceptors (Lipinski definition) is 2. The predicted octanol–water partition coefficient (Wildman–Crippen LogP) is 3.15. The minimum absolute atomic E-state index is 0.718. The highest BCUT2D eigenvalue weighted by Gasteiger charge is 2.01. The van der Waals surface area contributed by atoms with Gasteiger partial charge in [-0.05, 0) is 43.2 Å². The van der Waals surface area contributed by atoms with Crippen molar-refractivity contribution >= 4 is 23.3 Å². The van der Waals surface area contributed by atoms with Gasteiger partial charge >= 0.3 is 0 Å². The number of benzene rings is 1. The third-order valence-electron chi connectivity index (χ3n) is 2.45. The molecule has 2 heteroatoms. The Labute approximate surface area is 94.6 Å². The molecule has 1 heterocycles. The molecular formula is C14H13NO. The van der Waals surface area contributed by atoms with E-state index in [4.69, 9.17) is 0 Å². The maximum absolute atomic E-state index is 10.6.